The number of carbonyl (C=O) groups excluding carboxylic acids is 1. The summed E-state index contributed by atoms with van der Waals surface area (Å²) < 4.78 is 40.3. The third-order valence-electron chi connectivity index (χ3n) is 4.27. The van der Waals surface area contributed by atoms with Crippen molar-refractivity contribution >= 4 is 17.6 Å². The predicted molar refractivity (Wildman–Crippen MR) is 96.9 cm³/mol. The Morgan fingerprint density at radius 3 is 2.14 bits per heavy atom. The van der Waals surface area contributed by atoms with Crippen LogP contribution in [0.2, 0.25) is 0 Å². The van der Waals surface area contributed by atoms with Crippen LogP contribution in [0, 0.1) is 18.8 Å². The molecule has 2 aromatic carbocycles. The van der Waals surface area contributed by atoms with Gasteiger partial charge in [-0.25, -0.2) is 0 Å². The van der Waals surface area contributed by atoms with Gasteiger partial charge < -0.3 is 15.2 Å². The van der Waals surface area contributed by atoms with Crippen LogP contribution < -0.4 is 10.1 Å². The molecule has 150 valence electrons. The summed E-state index contributed by atoms with van der Waals surface area (Å²) >= 11 is 0. The molecular weight excluding hydrogens is 375 g/mol. The van der Waals surface area contributed by atoms with Crippen molar-refractivity contribution in [2.45, 2.75) is 26.6 Å². The number of carboxylic acids is 1. The number of ether oxygens (including phenoxy) is 1. The van der Waals surface area contributed by atoms with Gasteiger partial charge in [-0.2, -0.15) is 0 Å². The third-order valence-corrected chi connectivity index (χ3v) is 4.27. The summed E-state index contributed by atoms with van der Waals surface area (Å²) in [5.41, 5.74) is 2.08. The van der Waals surface area contributed by atoms with Gasteiger partial charge in [0, 0.05) is 11.6 Å². The van der Waals surface area contributed by atoms with Crippen LogP contribution in [-0.4, -0.2) is 23.3 Å². The van der Waals surface area contributed by atoms with Crippen LogP contribution in [0.1, 0.15) is 18.1 Å². The van der Waals surface area contributed by atoms with Crippen LogP contribution in [-0.2, 0) is 16.0 Å². The second kappa shape index (κ2) is 8.77. The summed E-state index contributed by atoms with van der Waals surface area (Å²) in [5, 5.41) is 12.0. The Morgan fingerprint density at radius 1 is 1.07 bits per heavy atom. The van der Waals surface area contributed by atoms with Gasteiger partial charge in [0.2, 0.25) is 5.91 Å². The Labute approximate surface area is 160 Å². The molecule has 8 heteroatoms. The number of aliphatic carboxylic acids is 1. The Bertz CT molecular complexity index is 817. The van der Waals surface area contributed by atoms with Crippen LogP contribution >= 0.6 is 0 Å². The molecule has 0 aromatic heterocycles. The smallest absolute Gasteiger partial charge is 0.481 e. The number of amides is 1. The zero-order valence-corrected chi connectivity index (χ0v) is 15.3. The van der Waals surface area contributed by atoms with E-state index in [4.69, 9.17) is 0 Å². The molecule has 0 saturated heterocycles. The van der Waals surface area contributed by atoms with Crippen molar-refractivity contribution in [2.75, 3.05) is 5.32 Å². The molecule has 0 radical (unpaired) electrons. The van der Waals surface area contributed by atoms with Crippen molar-refractivity contribution in [3.63, 3.8) is 0 Å². The van der Waals surface area contributed by atoms with Crippen molar-refractivity contribution in [2.24, 2.45) is 11.8 Å². The maximum atomic E-state index is 12.4. The Balaban J connectivity index is 2.04. The van der Waals surface area contributed by atoms with Gasteiger partial charge in [-0.15, -0.1) is 13.2 Å². The standard InChI is InChI=1S/C20H20F3NO4/c1-12-3-5-14(6-4-12)11-17(19(26)27)13(2)18(25)24-15-7-9-16(10-8-15)28-20(21,22)23/h3-10,13,17H,11H2,1-2H3,(H,24,25)(H,26,27)/t13-,17+/m1/s1. The second-order valence-corrected chi connectivity index (χ2v) is 6.48. The van der Waals surface area contributed by atoms with Crippen LogP contribution in [0.15, 0.2) is 48.5 Å². The molecule has 0 spiro atoms. The first-order valence-electron chi connectivity index (χ1n) is 8.50. The maximum Gasteiger partial charge on any atom is 0.573 e. The monoisotopic (exact) mass is 395 g/mol. The van der Waals surface area contributed by atoms with E-state index in [2.05, 4.69) is 10.1 Å². The Kier molecular flexibility index (Phi) is 6.66. The zero-order valence-electron chi connectivity index (χ0n) is 15.3. The minimum absolute atomic E-state index is 0.183. The Hall–Kier alpha value is -3.03. The summed E-state index contributed by atoms with van der Waals surface area (Å²) in [5.74, 6) is -3.86. The van der Waals surface area contributed by atoms with Crippen molar-refractivity contribution in [3.05, 3.63) is 59.7 Å². The first kappa shape index (κ1) is 21.3. The second-order valence-electron chi connectivity index (χ2n) is 6.48. The average molecular weight is 395 g/mol. The lowest BCUT2D eigenvalue weighted by molar-refractivity contribution is -0.274. The van der Waals surface area contributed by atoms with Gasteiger partial charge >= 0.3 is 12.3 Å². The molecule has 5 nitrogen and oxygen atoms in total. The van der Waals surface area contributed by atoms with E-state index < -0.39 is 35.8 Å². The van der Waals surface area contributed by atoms with E-state index in [1.54, 1.807) is 0 Å². The maximum absolute atomic E-state index is 12.4. The van der Waals surface area contributed by atoms with E-state index in [0.717, 1.165) is 23.3 Å². The highest BCUT2D eigenvalue weighted by Crippen LogP contribution is 2.25. The fraction of sp³-hybridized carbons (Fsp3) is 0.300. The zero-order chi connectivity index (χ0) is 20.9. The number of carboxylic acid groups (broad SMARTS) is 1. The van der Waals surface area contributed by atoms with Gasteiger partial charge in [0.15, 0.2) is 0 Å². The lowest BCUT2D eigenvalue weighted by Crippen LogP contribution is -2.33. The van der Waals surface area contributed by atoms with Gasteiger partial charge in [-0.05, 0) is 43.2 Å². The van der Waals surface area contributed by atoms with Gasteiger partial charge in [0.1, 0.15) is 5.75 Å². The van der Waals surface area contributed by atoms with E-state index in [1.165, 1.54) is 19.1 Å². The minimum Gasteiger partial charge on any atom is -0.481 e. The largest absolute Gasteiger partial charge is 0.573 e. The molecule has 2 rings (SSSR count). The number of hydrogen-bond acceptors (Lipinski definition) is 3. The normalized spacial score (nSPS) is 13.5. The Morgan fingerprint density at radius 2 is 1.64 bits per heavy atom. The summed E-state index contributed by atoms with van der Waals surface area (Å²) in [6.07, 6.45) is -4.62. The molecule has 0 aliphatic rings. The van der Waals surface area contributed by atoms with Gasteiger partial charge in [-0.1, -0.05) is 36.8 Å². The molecule has 0 unspecified atom stereocenters. The van der Waals surface area contributed by atoms with E-state index >= 15 is 0 Å². The quantitative estimate of drug-likeness (QED) is 0.728. The molecular formula is C20H20F3NO4. The van der Waals surface area contributed by atoms with E-state index in [0.29, 0.717) is 0 Å². The molecule has 0 bridgehead atoms. The van der Waals surface area contributed by atoms with Crippen molar-refractivity contribution < 1.29 is 32.6 Å². The van der Waals surface area contributed by atoms with Gasteiger partial charge in [0.05, 0.1) is 5.92 Å². The minimum atomic E-state index is -4.80. The summed E-state index contributed by atoms with van der Waals surface area (Å²) in [7, 11) is 0. The van der Waals surface area contributed by atoms with Crippen LogP contribution in [0.5, 0.6) is 5.75 Å². The fourth-order valence-corrected chi connectivity index (χ4v) is 2.63. The average Bonchev–Trinajstić information content (AvgIpc) is 2.60. The predicted octanol–water partition coefficient (Wildman–Crippen LogP) is 4.41. The number of halogens is 3. The van der Waals surface area contributed by atoms with Crippen molar-refractivity contribution in [1.82, 2.24) is 0 Å². The highest BCUT2D eigenvalue weighted by atomic mass is 19.4. The molecule has 0 fully saturated rings. The van der Waals surface area contributed by atoms with E-state index in [9.17, 15) is 27.9 Å². The first-order valence-corrected chi connectivity index (χ1v) is 8.50. The summed E-state index contributed by atoms with van der Waals surface area (Å²) in [4.78, 5) is 24.1. The number of hydrogen-bond donors (Lipinski definition) is 2. The number of nitrogens with one attached hydrogen (secondary N) is 1. The number of alkyl halides is 3. The van der Waals surface area contributed by atoms with E-state index in [-0.39, 0.29) is 12.1 Å². The van der Waals surface area contributed by atoms with Gasteiger partial charge in [-0.3, -0.25) is 9.59 Å². The number of anilines is 1. The number of carbonyl (C=O) groups is 2. The highest BCUT2D eigenvalue weighted by Gasteiger charge is 2.32. The van der Waals surface area contributed by atoms with Crippen LogP contribution in [0.25, 0.3) is 0 Å². The molecule has 2 aromatic rings. The SMILES string of the molecule is Cc1ccc(C[C@H](C(=O)O)[C@@H](C)C(=O)Nc2ccc(OC(F)(F)F)cc2)cc1. The topological polar surface area (TPSA) is 75.6 Å². The molecule has 2 atom stereocenters. The number of aryl methyl sites for hydroxylation is 1. The fourth-order valence-electron chi connectivity index (χ4n) is 2.63. The lowest BCUT2D eigenvalue weighted by Gasteiger charge is -2.20. The molecule has 1 amide bonds. The number of rotatable bonds is 7. The lowest BCUT2D eigenvalue weighted by atomic mass is 9.87. The molecule has 0 aliphatic heterocycles. The molecule has 0 heterocycles. The van der Waals surface area contributed by atoms with Crippen molar-refractivity contribution in [1.29, 1.82) is 0 Å². The number of benzene rings is 2. The van der Waals surface area contributed by atoms with Crippen LogP contribution in [0.3, 0.4) is 0 Å². The highest BCUT2D eigenvalue weighted by molar-refractivity contribution is 5.94. The first-order chi connectivity index (χ1) is 13.0. The molecule has 0 aliphatic carbocycles. The molecule has 28 heavy (non-hydrogen) atoms. The van der Waals surface area contributed by atoms with Gasteiger partial charge in [0.25, 0.3) is 0 Å². The molecule has 2 N–H and O–H groups in total. The van der Waals surface area contributed by atoms with E-state index in [1.807, 2.05) is 31.2 Å². The summed E-state index contributed by atoms with van der Waals surface area (Å²) in [6.45, 7) is 3.42. The molecule has 0 saturated carbocycles. The third kappa shape index (κ3) is 6.29. The summed E-state index contributed by atoms with van der Waals surface area (Å²) in [6, 6.07) is 12.0. The van der Waals surface area contributed by atoms with Crippen molar-refractivity contribution in [3.8, 4) is 5.75 Å². The van der Waals surface area contributed by atoms with Crippen LogP contribution in [0.4, 0.5) is 18.9 Å².